The predicted octanol–water partition coefficient (Wildman–Crippen LogP) is 6.05. The minimum Gasteiger partial charge on any atom is -0.409 e. The summed E-state index contributed by atoms with van der Waals surface area (Å²) in [6, 6.07) is 8.39. The molecule has 1 aromatic rings. The van der Waals surface area contributed by atoms with Gasteiger partial charge in [0, 0.05) is 13.0 Å². The average Bonchev–Trinajstić information content (AvgIpc) is 3.65. The van der Waals surface area contributed by atoms with Gasteiger partial charge >= 0.3 is 0 Å². The van der Waals surface area contributed by atoms with Crippen molar-refractivity contribution in [2.75, 3.05) is 13.2 Å². The predicted molar refractivity (Wildman–Crippen MR) is 138 cm³/mol. The molecule has 0 spiro atoms. The van der Waals surface area contributed by atoms with Crippen molar-refractivity contribution < 1.29 is 14.7 Å². The SMILES string of the molecule is N/C(=N\O)C1(C(=O)Cc2ccc(CCCCCCCOCC34CC5CC(CC(C5)C3)C4)cc2)CC1. The Labute approximate surface area is 210 Å². The summed E-state index contributed by atoms with van der Waals surface area (Å²) in [6.07, 6.45) is 17.9. The molecule has 0 amide bonds. The van der Waals surface area contributed by atoms with Crippen LogP contribution in [0.1, 0.15) is 94.6 Å². The van der Waals surface area contributed by atoms with Gasteiger partial charge in [-0.2, -0.15) is 0 Å². The zero-order chi connectivity index (χ0) is 24.3. The number of unbranched alkanes of at least 4 members (excludes halogenated alkanes) is 4. The second-order valence-corrected chi connectivity index (χ2v) is 12.5. The Morgan fingerprint density at radius 3 is 2.09 bits per heavy atom. The van der Waals surface area contributed by atoms with Gasteiger partial charge in [-0.15, -0.1) is 0 Å². The van der Waals surface area contributed by atoms with Gasteiger partial charge in [-0.1, -0.05) is 48.7 Å². The fraction of sp³-hybridized carbons (Fsp3) is 0.733. The molecule has 5 saturated carbocycles. The van der Waals surface area contributed by atoms with Crippen molar-refractivity contribution in [3.63, 3.8) is 0 Å². The molecule has 5 heteroatoms. The number of aryl methyl sites for hydroxylation is 1. The van der Waals surface area contributed by atoms with E-state index in [-0.39, 0.29) is 11.6 Å². The minimum absolute atomic E-state index is 0.0578. The maximum absolute atomic E-state index is 12.6. The van der Waals surface area contributed by atoms with Crippen LogP contribution in [-0.2, 0) is 22.4 Å². The van der Waals surface area contributed by atoms with Gasteiger partial charge in [0.05, 0.1) is 12.0 Å². The third-order valence-corrected chi connectivity index (χ3v) is 9.60. The molecular formula is C30H44N2O3. The normalized spacial score (nSPS) is 30.5. The number of rotatable bonds is 14. The van der Waals surface area contributed by atoms with Crippen molar-refractivity contribution in [3.8, 4) is 0 Å². The molecule has 0 aliphatic heterocycles. The lowest BCUT2D eigenvalue weighted by atomic mass is 9.50. The second kappa shape index (κ2) is 10.6. The number of ketones is 1. The van der Waals surface area contributed by atoms with Crippen molar-refractivity contribution in [2.45, 2.75) is 96.3 Å². The molecule has 6 rings (SSSR count). The number of hydrogen-bond acceptors (Lipinski definition) is 4. The van der Waals surface area contributed by atoms with Crippen molar-refractivity contribution in [1.29, 1.82) is 0 Å². The number of carbonyl (C=O) groups is 1. The first-order valence-corrected chi connectivity index (χ1v) is 14.2. The van der Waals surface area contributed by atoms with Gasteiger partial charge in [-0.05, 0) is 105 Å². The topological polar surface area (TPSA) is 84.9 Å². The summed E-state index contributed by atoms with van der Waals surface area (Å²) < 4.78 is 6.23. The number of ether oxygens (including phenoxy) is 1. The fourth-order valence-corrected chi connectivity index (χ4v) is 7.90. The van der Waals surface area contributed by atoms with E-state index in [2.05, 4.69) is 29.4 Å². The van der Waals surface area contributed by atoms with Crippen LogP contribution in [0.25, 0.3) is 0 Å². The zero-order valence-electron chi connectivity index (χ0n) is 21.4. The molecule has 0 unspecified atom stereocenters. The van der Waals surface area contributed by atoms with Gasteiger partial charge in [0.15, 0.2) is 11.6 Å². The van der Waals surface area contributed by atoms with Crippen LogP contribution in [-0.4, -0.2) is 30.0 Å². The summed E-state index contributed by atoms with van der Waals surface area (Å²) in [6.45, 7) is 1.97. The van der Waals surface area contributed by atoms with E-state index in [0.717, 1.165) is 43.0 Å². The highest BCUT2D eigenvalue weighted by molar-refractivity contribution is 6.10. The highest BCUT2D eigenvalue weighted by atomic mass is 16.5. The quantitative estimate of drug-likeness (QED) is 0.112. The van der Waals surface area contributed by atoms with Gasteiger partial charge in [0.1, 0.15) is 0 Å². The van der Waals surface area contributed by atoms with E-state index in [1.54, 1.807) is 0 Å². The summed E-state index contributed by atoms with van der Waals surface area (Å²) in [4.78, 5) is 12.6. The fourth-order valence-electron chi connectivity index (χ4n) is 7.90. The molecule has 192 valence electrons. The molecule has 35 heavy (non-hydrogen) atoms. The number of amidine groups is 1. The van der Waals surface area contributed by atoms with Crippen LogP contribution in [0.5, 0.6) is 0 Å². The number of hydrogen-bond donors (Lipinski definition) is 2. The third-order valence-electron chi connectivity index (χ3n) is 9.60. The molecule has 0 aromatic heterocycles. The molecule has 0 heterocycles. The van der Waals surface area contributed by atoms with Gasteiger partial charge in [-0.25, -0.2) is 0 Å². The smallest absolute Gasteiger partial charge is 0.152 e. The average molecular weight is 481 g/mol. The Hall–Kier alpha value is -1.88. The van der Waals surface area contributed by atoms with E-state index >= 15 is 0 Å². The van der Waals surface area contributed by atoms with Gasteiger partial charge in [0.25, 0.3) is 0 Å². The molecule has 4 bridgehead atoms. The molecular weight excluding hydrogens is 436 g/mol. The summed E-state index contributed by atoms with van der Waals surface area (Å²) in [7, 11) is 0. The summed E-state index contributed by atoms with van der Waals surface area (Å²) in [5, 5.41) is 12.0. The molecule has 5 aliphatic carbocycles. The number of oxime groups is 1. The van der Waals surface area contributed by atoms with Crippen molar-refractivity contribution in [2.24, 2.45) is 39.5 Å². The van der Waals surface area contributed by atoms with Crippen LogP contribution in [0.3, 0.4) is 0 Å². The molecule has 0 saturated heterocycles. The Morgan fingerprint density at radius 2 is 1.49 bits per heavy atom. The lowest BCUT2D eigenvalue weighted by Crippen LogP contribution is -2.48. The second-order valence-electron chi connectivity index (χ2n) is 12.5. The standard InChI is InChI=1S/C30H44N2O3/c31-28(32-34)30(11-12-30)27(33)17-23-9-7-22(8-10-23)6-4-2-1-3-5-13-35-21-29-18-24-14-25(19-29)16-26(15-24)20-29/h7-10,24-26,34H,1-6,11-21H2,(H2,31,32). The van der Waals surface area contributed by atoms with Crippen LogP contribution in [0.15, 0.2) is 29.4 Å². The van der Waals surface area contributed by atoms with Gasteiger partial charge < -0.3 is 15.7 Å². The van der Waals surface area contributed by atoms with E-state index in [4.69, 9.17) is 15.7 Å². The number of Topliss-reactive ketones (excluding diaryl/α,β-unsaturated/α-hetero) is 1. The van der Waals surface area contributed by atoms with Crippen molar-refractivity contribution in [1.82, 2.24) is 0 Å². The maximum Gasteiger partial charge on any atom is 0.152 e. The highest BCUT2D eigenvalue weighted by Crippen LogP contribution is 2.60. The molecule has 1 aromatic carbocycles. The van der Waals surface area contributed by atoms with Crippen LogP contribution < -0.4 is 5.73 Å². The molecule has 0 radical (unpaired) electrons. The van der Waals surface area contributed by atoms with Crippen LogP contribution in [0, 0.1) is 28.6 Å². The van der Waals surface area contributed by atoms with E-state index in [9.17, 15) is 4.79 Å². The Kier molecular flexibility index (Phi) is 7.52. The Morgan fingerprint density at radius 1 is 0.914 bits per heavy atom. The monoisotopic (exact) mass is 480 g/mol. The van der Waals surface area contributed by atoms with E-state index in [0.29, 0.717) is 24.7 Å². The largest absolute Gasteiger partial charge is 0.409 e. The number of benzene rings is 1. The molecule has 5 fully saturated rings. The first kappa shape index (κ1) is 24.8. The highest BCUT2D eigenvalue weighted by Gasteiger charge is 2.53. The van der Waals surface area contributed by atoms with Crippen molar-refractivity contribution >= 4 is 11.6 Å². The number of nitrogens with two attached hydrogens (primary N) is 1. The van der Waals surface area contributed by atoms with E-state index in [1.807, 2.05) is 0 Å². The van der Waals surface area contributed by atoms with Gasteiger partial charge in [0.2, 0.25) is 0 Å². The van der Waals surface area contributed by atoms with Crippen LogP contribution >= 0.6 is 0 Å². The zero-order valence-corrected chi connectivity index (χ0v) is 21.4. The Bertz CT molecular complexity index is 867. The summed E-state index contributed by atoms with van der Waals surface area (Å²) in [5.41, 5.74) is 7.91. The molecule has 5 nitrogen and oxygen atoms in total. The molecule has 3 N–H and O–H groups in total. The lowest BCUT2D eigenvalue weighted by Gasteiger charge is -2.56. The van der Waals surface area contributed by atoms with Crippen molar-refractivity contribution in [3.05, 3.63) is 35.4 Å². The Balaban J connectivity index is 0.916. The van der Waals surface area contributed by atoms with Gasteiger partial charge in [-0.3, -0.25) is 4.79 Å². The van der Waals surface area contributed by atoms with E-state index in [1.165, 1.54) is 76.2 Å². The van der Waals surface area contributed by atoms with Crippen LogP contribution in [0.2, 0.25) is 0 Å². The lowest BCUT2D eigenvalue weighted by molar-refractivity contribution is -0.121. The summed E-state index contributed by atoms with van der Waals surface area (Å²) >= 11 is 0. The van der Waals surface area contributed by atoms with E-state index < -0.39 is 5.41 Å². The number of carbonyl (C=O) groups excluding carboxylic acids is 1. The first-order valence-electron chi connectivity index (χ1n) is 14.2. The molecule has 5 aliphatic rings. The molecule has 0 atom stereocenters. The van der Waals surface area contributed by atoms with Crippen LogP contribution in [0.4, 0.5) is 0 Å². The third kappa shape index (κ3) is 5.76. The summed E-state index contributed by atoms with van der Waals surface area (Å²) in [5.74, 6) is 3.18. The minimum atomic E-state index is -0.715. The first-order chi connectivity index (χ1) is 17.0. The maximum atomic E-state index is 12.6. The number of nitrogens with zero attached hydrogens (tertiary/aromatic N) is 1.